The third-order valence-electron chi connectivity index (χ3n) is 4.90. The standard InChI is InChI=1S/C19H21F3N4O4S/c1-2-11-31(27,28)26-15-16(25-14-6-4-3-5-13(14)24-15)30-17(19(20,21)22)18(12-23)7-9-29-10-8-18/h3-6,17H,2,7-11H2,1H3,(H,24,26). The number of rotatable bonds is 7. The first kappa shape index (κ1) is 23.0. The van der Waals surface area contributed by atoms with Gasteiger partial charge >= 0.3 is 6.18 Å². The highest BCUT2D eigenvalue weighted by Gasteiger charge is 2.57. The van der Waals surface area contributed by atoms with E-state index in [0.717, 1.165) is 0 Å². The molecule has 1 N–H and O–H groups in total. The fourth-order valence-corrected chi connectivity index (χ4v) is 4.44. The molecule has 0 spiro atoms. The minimum absolute atomic E-state index is 0.0249. The molecular formula is C19H21F3N4O4S. The number of fused-ring (bicyclic) bond motifs is 1. The van der Waals surface area contributed by atoms with Crippen LogP contribution < -0.4 is 9.46 Å². The van der Waals surface area contributed by atoms with Crippen LogP contribution in [0.2, 0.25) is 0 Å². The lowest BCUT2D eigenvalue weighted by Crippen LogP contribution is -2.51. The first-order chi connectivity index (χ1) is 14.6. The quantitative estimate of drug-likeness (QED) is 0.676. The monoisotopic (exact) mass is 458 g/mol. The lowest BCUT2D eigenvalue weighted by atomic mass is 9.76. The van der Waals surface area contributed by atoms with Crippen LogP contribution in [0.15, 0.2) is 24.3 Å². The molecule has 12 heteroatoms. The second-order valence-electron chi connectivity index (χ2n) is 7.21. The van der Waals surface area contributed by atoms with E-state index in [4.69, 9.17) is 9.47 Å². The van der Waals surface area contributed by atoms with Crippen molar-refractivity contribution >= 4 is 26.9 Å². The summed E-state index contributed by atoms with van der Waals surface area (Å²) in [6.45, 7) is 1.59. The maximum absolute atomic E-state index is 14.0. The van der Waals surface area contributed by atoms with Gasteiger partial charge in [-0.25, -0.2) is 18.4 Å². The van der Waals surface area contributed by atoms with Gasteiger partial charge in [-0.2, -0.15) is 18.4 Å². The molecule has 168 valence electrons. The Morgan fingerprint density at radius 3 is 2.42 bits per heavy atom. The summed E-state index contributed by atoms with van der Waals surface area (Å²) < 4.78 is 79.2. The molecular weight excluding hydrogens is 437 g/mol. The van der Waals surface area contributed by atoms with Crippen molar-refractivity contribution in [2.75, 3.05) is 23.7 Å². The summed E-state index contributed by atoms with van der Waals surface area (Å²) in [7, 11) is -3.89. The molecule has 0 radical (unpaired) electrons. The van der Waals surface area contributed by atoms with E-state index in [-0.39, 0.29) is 49.3 Å². The van der Waals surface area contributed by atoms with Crippen LogP contribution in [0.3, 0.4) is 0 Å². The Morgan fingerprint density at radius 2 is 1.87 bits per heavy atom. The topological polar surface area (TPSA) is 114 Å². The van der Waals surface area contributed by atoms with Gasteiger partial charge in [-0.1, -0.05) is 19.1 Å². The number of hydrogen-bond acceptors (Lipinski definition) is 7. The van der Waals surface area contributed by atoms with Gasteiger partial charge in [-0.3, -0.25) is 4.72 Å². The van der Waals surface area contributed by atoms with E-state index >= 15 is 0 Å². The summed E-state index contributed by atoms with van der Waals surface area (Å²) in [5, 5.41) is 9.62. The second kappa shape index (κ2) is 8.84. The Balaban J connectivity index is 2.10. The number of para-hydroxylation sites is 2. The van der Waals surface area contributed by atoms with Crippen LogP contribution in [0, 0.1) is 16.7 Å². The summed E-state index contributed by atoms with van der Waals surface area (Å²) in [6.07, 6.45) is -7.55. The smallest absolute Gasteiger partial charge is 0.427 e. The lowest BCUT2D eigenvalue weighted by Gasteiger charge is -2.38. The van der Waals surface area contributed by atoms with Crippen molar-refractivity contribution in [3.8, 4) is 11.9 Å². The minimum Gasteiger partial charge on any atom is -0.460 e. The summed E-state index contributed by atoms with van der Waals surface area (Å²) in [6, 6.07) is 8.05. The predicted octanol–water partition coefficient (Wildman–Crippen LogP) is 3.41. The van der Waals surface area contributed by atoms with Crippen LogP contribution in [0.4, 0.5) is 19.0 Å². The van der Waals surface area contributed by atoms with Crippen molar-refractivity contribution in [3.63, 3.8) is 0 Å². The maximum atomic E-state index is 14.0. The average Bonchev–Trinajstić information content (AvgIpc) is 2.71. The zero-order valence-corrected chi connectivity index (χ0v) is 17.5. The molecule has 1 atom stereocenters. The maximum Gasteiger partial charge on any atom is 0.427 e. The number of sulfonamides is 1. The molecule has 0 bridgehead atoms. The van der Waals surface area contributed by atoms with Crippen LogP contribution in [-0.2, 0) is 14.8 Å². The number of ether oxygens (including phenoxy) is 2. The Bertz CT molecular complexity index is 1080. The highest BCUT2D eigenvalue weighted by molar-refractivity contribution is 7.92. The second-order valence-corrected chi connectivity index (χ2v) is 9.05. The minimum atomic E-state index is -4.92. The predicted molar refractivity (Wildman–Crippen MR) is 106 cm³/mol. The Morgan fingerprint density at radius 1 is 1.26 bits per heavy atom. The van der Waals surface area contributed by atoms with Gasteiger partial charge in [0.15, 0.2) is 0 Å². The van der Waals surface area contributed by atoms with Crippen molar-refractivity contribution < 1.29 is 31.1 Å². The Labute approximate surface area is 177 Å². The molecule has 0 amide bonds. The molecule has 1 saturated heterocycles. The number of hydrogen-bond donors (Lipinski definition) is 1. The van der Waals surface area contributed by atoms with Gasteiger partial charge in [0.25, 0.3) is 5.88 Å². The highest BCUT2D eigenvalue weighted by atomic mass is 32.2. The fourth-order valence-electron chi connectivity index (χ4n) is 3.37. The number of alkyl halides is 3. The van der Waals surface area contributed by atoms with Gasteiger partial charge < -0.3 is 9.47 Å². The average molecular weight is 458 g/mol. The molecule has 1 aliphatic rings. The zero-order chi connectivity index (χ0) is 22.7. The van der Waals surface area contributed by atoms with E-state index < -0.39 is 39.4 Å². The summed E-state index contributed by atoms with van der Waals surface area (Å²) in [5.74, 6) is -1.35. The molecule has 1 aliphatic heterocycles. The van der Waals surface area contributed by atoms with Crippen molar-refractivity contribution in [1.29, 1.82) is 5.26 Å². The molecule has 3 rings (SSSR count). The molecule has 0 saturated carbocycles. The van der Waals surface area contributed by atoms with Crippen LogP contribution in [0.25, 0.3) is 11.0 Å². The number of nitrogens with one attached hydrogen (secondary N) is 1. The lowest BCUT2D eigenvalue weighted by molar-refractivity contribution is -0.230. The molecule has 8 nitrogen and oxygen atoms in total. The summed E-state index contributed by atoms with van der Waals surface area (Å²) in [4.78, 5) is 8.20. The van der Waals surface area contributed by atoms with Crippen LogP contribution in [-0.4, -0.2) is 49.6 Å². The molecule has 2 aromatic rings. The highest BCUT2D eigenvalue weighted by Crippen LogP contribution is 2.44. The van der Waals surface area contributed by atoms with Crippen LogP contribution in [0.1, 0.15) is 26.2 Å². The fraction of sp³-hybridized carbons (Fsp3) is 0.526. The SMILES string of the molecule is CCCS(=O)(=O)Nc1nc2ccccc2nc1OC(C(F)(F)F)C1(C#N)CCOCC1. The zero-order valence-electron chi connectivity index (χ0n) is 16.6. The van der Waals surface area contributed by atoms with Crippen molar-refractivity contribution in [1.82, 2.24) is 9.97 Å². The molecule has 1 aromatic carbocycles. The number of nitrogens with zero attached hydrogens (tertiary/aromatic N) is 3. The molecule has 1 unspecified atom stereocenters. The molecule has 31 heavy (non-hydrogen) atoms. The van der Waals surface area contributed by atoms with Crippen molar-refractivity contribution in [2.24, 2.45) is 5.41 Å². The number of aromatic nitrogens is 2. The van der Waals surface area contributed by atoms with E-state index in [0.29, 0.717) is 0 Å². The first-order valence-electron chi connectivity index (χ1n) is 9.60. The van der Waals surface area contributed by atoms with Gasteiger partial charge in [-0.15, -0.1) is 0 Å². The summed E-state index contributed by atoms with van der Waals surface area (Å²) in [5.41, 5.74) is -1.41. The largest absolute Gasteiger partial charge is 0.460 e. The number of halogens is 3. The number of nitriles is 1. The van der Waals surface area contributed by atoms with Gasteiger partial charge in [0.1, 0.15) is 5.41 Å². The van der Waals surface area contributed by atoms with Crippen molar-refractivity contribution in [2.45, 2.75) is 38.5 Å². The van der Waals surface area contributed by atoms with E-state index in [2.05, 4.69) is 14.7 Å². The molecule has 2 heterocycles. The van der Waals surface area contributed by atoms with Crippen LogP contribution >= 0.6 is 0 Å². The molecule has 1 aromatic heterocycles. The number of benzene rings is 1. The van der Waals surface area contributed by atoms with E-state index in [1.807, 2.05) is 0 Å². The first-order valence-corrected chi connectivity index (χ1v) is 11.2. The van der Waals surface area contributed by atoms with Gasteiger partial charge in [0.2, 0.25) is 21.9 Å². The van der Waals surface area contributed by atoms with Crippen molar-refractivity contribution in [3.05, 3.63) is 24.3 Å². The molecule has 0 aliphatic carbocycles. The third kappa shape index (κ3) is 5.16. The summed E-state index contributed by atoms with van der Waals surface area (Å²) >= 11 is 0. The van der Waals surface area contributed by atoms with Gasteiger partial charge in [0, 0.05) is 13.2 Å². The van der Waals surface area contributed by atoms with E-state index in [9.17, 15) is 26.9 Å². The van der Waals surface area contributed by atoms with E-state index in [1.165, 1.54) is 6.07 Å². The third-order valence-corrected chi connectivity index (χ3v) is 6.35. The Kier molecular flexibility index (Phi) is 6.56. The van der Waals surface area contributed by atoms with Gasteiger partial charge in [-0.05, 0) is 31.4 Å². The van der Waals surface area contributed by atoms with E-state index in [1.54, 1.807) is 31.2 Å². The number of anilines is 1. The Hall–Kier alpha value is -2.65. The van der Waals surface area contributed by atoms with Crippen LogP contribution in [0.5, 0.6) is 5.88 Å². The molecule has 1 fully saturated rings. The van der Waals surface area contributed by atoms with Gasteiger partial charge in [0.05, 0.1) is 22.9 Å². The normalized spacial score (nSPS) is 17.6.